The van der Waals surface area contributed by atoms with Gasteiger partial charge in [0.25, 0.3) is 5.91 Å². The van der Waals surface area contributed by atoms with Crippen LogP contribution in [0.4, 0.5) is 0 Å². The van der Waals surface area contributed by atoms with Crippen LogP contribution in [0, 0.1) is 5.92 Å². The van der Waals surface area contributed by atoms with Crippen LogP contribution in [0.1, 0.15) is 43.1 Å². The first kappa shape index (κ1) is 27.1. The quantitative estimate of drug-likeness (QED) is 0.361. The molecule has 0 bridgehead atoms. The van der Waals surface area contributed by atoms with Gasteiger partial charge in [-0.05, 0) is 60.8 Å². The molecule has 0 fully saturated rings. The number of nitrogens with one attached hydrogen (secondary N) is 2. The summed E-state index contributed by atoms with van der Waals surface area (Å²) < 4.78 is 0. The fourth-order valence-corrected chi connectivity index (χ4v) is 4.18. The summed E-state index contributed by atoms with van der Waals surface area (Å²) in [5.74, 6) is -2.67. The molecule has 0 spiro atoms. The van der Waals surface area contributed by atoms with Crippen molar-refractivity contribution >= 4 is 32.3 Å². The van der Waals surface area contributed by atoms with Crippen LogP contribution in [0.15, 0.2) is 78.9 Å². The highest BCUT2D eigenvalue weighted by Crippen LogP contribution is 2.20. The van der Waals surface area contributed by atoms with Gasteiger partial charge in [0.05, 0.1) is 5.92 Å². The van der Waals surface area contributed by atoms with Crippen molar-refractivity contribution in [3.63, 3.8) is 0 Å². The number of hydrogen-bond acceptors (Lipinski definition) is 3. The Hall–Kier alpha value is -3.50. The van der Waals surface area contributed by atoms with Crippen LogP contribution < -0.4 is 15.9 Å². The van der Waals surface area contributed by atoms with Gasteiger partial charge >= 0.3 is 5.97 Å². The molecule has 188 valence electrons. The van der Waals surface area contributed by atoms with E-state index >= 15 is 0 Å². The van der Waals surface area contributed by atoms with E-state index in [1.54, 1.807) is 12.1 Å². The van der Waals surface area contributed by atoms with Crippen LogP contribution in [0.5, 0.6) is 0 Å². The molecule has 0 aliphatic rings. The van der Waals surface area contributed by atoms with Crippen LogP contribution in [0.2, 0.25) is 0 Å². The minimum absolute atomic E-state index is 0.0210. The van der Waals surface area contributed by atoms with Crippen LogP contribution in [-0.2, 0) is 16.0 Å². The molecule has 0 radical (unpaired) electrons. The second-order valence-electron chi connectivity index (χ2n) is 9.74. The topological polar surface area (TPSA) is 95.5 Å². The summed E-state index contributed by atoms with van der Waals surface area (Å²) in [5, 5.41) is 16.2. The van der Waals surface area contributed by atoms with Gasteiger partial charge in [-0.2, -0.15) is 0 Å². The van der Waals surface area contributed by atoms with Gasteiger partial charge in [0.15, 0.2) is 0 Å². The average Bonchev–Trinajstić information content (AvgIpc) is 2.85. The van der Waals surface area contributed by atoms with Crippen molar-refractivity contribution in [2.75, 3.05) is 0 Å². The summed E-state index contributed by atoms with van der Waals surface area (Å²) in [4.78, 5) is 37.7. The summed E-state index contributed by atoms with van der Waals surface area (Å²) in [6.07, 6.45) is 0.562. The molecule has 0 aliphatic carbocycles. The molecule has 36 heavy (non-hydrogen) atoms. The molecule has 3 aromatic rings. The van der Waals surface area contributed by atoms with E-state index in [0.29, 0.717) is 12.0 Å². The predicted octanol–water partition coefficient (Wildman–Crippen LogP) is 4.20. The first-order valence-corrected chi connectivity index (χ1v) is 12.5. The second kappa shape index (κ2) is 12.0. The van der Waals surface area contributed by atoms with Gasteiger partial charge < -0.3 is 15.7 Å². The Morgan fingerprint density at radius 1 is 0.889 bits per heavy atom. The monoisotopic (exact) mass is 504 g/mol. The third-order valence-electron chi connectivity index (χ3n) is 5.97. The Bertz CT molecular complexity index is 1190. The first-order chi connectivity index (χ1) is 17.0. The maximum atomic E-state index is 13.2. The van der Waals surface area contributed by atoms with Gasteiger partial charge in [0, 0.05) is 11.1 Å². The van der Waals surface area contributed by atoms with Crippen molar-refractivity contribution in [3.05, 3.63) is 90.0 Å². The smallest absolute Gasteiger partial charge is 0.306 e. The van der Waals surface area contributed by atoms with Crippen LogP contribution in [0.3, 0.4) is 0 Å². The molecule has 0 heterocycles. The molecule has 3 atom stereocenters. The molecular formula is C29H33N2O4P. The zero-order valence-electron chi connectivity index (χ0n) is 20.8. The molecule has 3 N–H and O–H groups in total. The molecule has 0 aliphatic heterocycles. The van der Waals surface area contributed by atoms with Crippen molar-refractivity contribution in [1.29, 1.82) is 0 Å². The van der Waals surface area contributed by atoms with Gasteiger partial charge in [0.2, 0.25) is 5.91 Å². The van der Waals surface area contributed by atoms with Crippen molar-refractivity contribution < 1.29 is 19.5 Å². The Morgan fingerprint density at radius 2 is 1.47 bits per heavy atom. The maximum absolute atomic E-state index is 13.2. The number of carbonyl (C=O) groups is 3. The predicted molar refractivity (Wildman–Crippen MR) is 146 cm³/mol. The first-order valence-electron chi connectivity index (χ1n) is 11.9. The van der Waals surface area contributed by atoms with Crippen molar-refractivity contribution in [1.82, 2.24) is 10.6 Å². The number of carbonyl (C=O) groups excluding carboxylic acids is 2. The lowest BCUT2D eigenvalue weighted by molar-refractivity contribution is -0.141. The number of carboxylic acids is 1. The van der Waals surface area contributed by atoms with E-state index in [1.165, 1.54) is 6.92 Å². The fraction of sp³-hybridized carbons (Fsp3) is 0.276. The number of carboxylic acid groups (broad SMARTS) is 1. The zero-order chi connectivity index (χ0) is 26.3. The third-order valence-corrected chi connectivity index (χ3v) is 6.36. The minimum atomic E-state index is -1.02. The highest BCUT2D eigenvalue weighted by atomic mass is 31.0. The lowest BCUT2D eigenvalue weighted by atomic mass is 9.93. The van der Waals surface area contributed by atoms with Crippen LogP contribution >= 0.6 is 9.24 Å². The Kier molecular flexibility index (Phi) is 9.00. The average molecular weight is 505 g/mol. The van der Waals surface area contributed by atoms with Crippen molar-refractivity contribution in [2.24, 2.45) is 5.92 Å². The van der Waals surface area contributed by atoms with Gasteiger partial charge in [-0.1, -0.05) is 73.7 Å². The SMILES string of the molecule is CC(C[C@H](NC(=O)c1ccc(-c2ccccc2)cc1)C(=O)NC(C)(C)Cc1ccc(P)cc1)C(=O)O. The summed E-state index contributed by atoms with van der Waals surface area (Å²) >= 11 is 0. The summed E-state index contributed by atoms with van der Waals surface area (Å²) in [6.45, 7) is 5.33. The van der Waals surface area contributed by atoms with E-state index in [0.717, 1.165) is 22.0 Å². The molecule has 0 saturated heterocycles. The zero-order valence-corrected chi connectivity index (χ0v) is 22.0. The van der Waals surface area contributed by atoms with E-state index in [1.807, 2.05) is 80.6 Å². The van der Waals surface area contributed by atoms with E-state index in [-0.39, 0.29) is 6.42 Å². The number of hydrogen-bond donors (Lipinski definition) is 3. The highest BCUT2D eigenvalue weighted by molar-refractivity contribution is 7.27. The second-order valence-corrected chi connectivity index (χ2v) is 10.4. The summed E-state index contributed by atoms with van der Waals surface area (Å²) in [6, 6.07) is 23.9. The number of aliphatic carboxylic acids is 1. The number of benzene rings is 3. The van der Waals surface area contributed by atoms with E-state index in [9.17, 15) is 19.5 Å². The molecule has 7 heteroatoms. The third kappa shape index (κ3) is 7.76. The van der Waals surface area contributed by atoms with E-state index < -0.39 is 35.3 Å². The molecular weight excluding hydrogens is 471 g/mol. The van der Waals surface area contributed by atoms with Crippen molar-refractivity contribution in [2.45, 2.75) is 45.2 Å². The number of amides is 2. The van der Waals surface area contributed by atoms with Crippen LogP contribution in [-0.4, -0.2) is 34.5 Å². The molecule has 2 unspecified atom stereocenters. The molecule has 0 saturated carbocycles. The summed E-state index contributed by atoms with van der Waals surface area (Å²) in [5.41, 5.74) is 2.85. The largest absolute Gasteiger partial charge is 0.481 e. The molecule has 3 rings (SSSR count). The molecule has 2 amide bonds. The minimum Gasteiger partial charge on any atom is -0.481 e. The maximum Gasteiger partial charge on any atom is 0.306 e. The normalized spacial score (nSPS) is 12.9. The summed E-state index contributed by atoms with van der Waals surface area (Å²) in [7, 11) is 2.64. The van der Waals surface area contributed by atoms with E-state index in [4.69, 9.17) is 0 Å². The van der Waals surface area contributed by atoms with Crippen LogP contribution in [0.25, 0.3) is 11.1 Å². The van der Waals surface area contributed by atoms with Gasteiger partial charge in [-0.15, -0.1) is 9.24 Å². The standard InChI is InChI=1S/C29H33N2O4P/c1-19(28(34)35)17-25(27(33)31-29(2,3)18-20-9-15-24(36)16-10-20)30-26(32)23-13-11-22(12-14-23)21-7-5-4-6-8-21/h4-16,19,25H,17-18,36H2,1-3H3,(H,30,32)(H,31,33)(H,34,35)/t19?,25-/m0/s1. The van der Waals surface area contributed by atoms with Crippen molar-refractivity contribution in [3.8, 4) is 11.1 Å². The lowest BCUT2D eigenvalue weighted by Gasteiger charge is -2.30. The van der Waals surface area contributed by atoms with Gasteiger partial charge in [0.1, 0.15) is 6.04 Å². The van der Waals surface area contributed by atoms with Gasteiger partial charge in [-0.25, -0.2) is 0 Å². The molecule has 0 aromatic heterocycles. The fourth-order valence-electron chi connectivity index (χ4n) is 3.98. The lowest BCUT2D eigenvalue weighted by Crippen LogP contribution is -2.54. The Balaban J connectivity index is 1.72. The van der Waals surface area contributed by atoms with E-state index in [2.05, 4.69) is 19.9 Å². The molecule has 6 nitrogen and oxygen atoms in total. The Morgan fingerprint density at radius 3 is 2.06 bits per heavy atom. The number of rotatable bonds is 10. The molecule has 3 aromatic carbocycles. The van der Waals surface area contributed by atoms with Gasteiger partial charge in [-0.3, -0.25) is 14.4 Å². The highest BCUT2D eigenvalue weighted by Gasteiger charge is 2.30. The Labute approximate surface area is 214 Å².